The molecule has 0 spiro atoms. The van der Waals surface area contributed by atoms with Crippen LogP contribution in [-0.4, -0.2) is 96.4 Å². The van der Waals surface area contributed by atoms with Crippen LogP contribution >= 0.6 is 11.3 Å². The number of carbonyl (C=O) groups is 1. The van der Waals surface area contributed by atoms with Crippen molar-refractivity contribution >= 4 is 17.2 Å². The third-order valence-electron chi connectivity index (χ3n) is 8.01. The molecule has 3 aromatic rings. The number of thiazole rings is 1. The second kappa shape index (κ2) is 12.7. The number of aliphatic hydroxyl groups is 3. The van der Waals surface area contributed by atoms with Gasteiger partial charge in [0.25, 0.3) is 5.91 Å². The number of halogens is 3. The zero-order chi connectivity index (χ0) is 30.1. The summed E-state index contributed by atoms with van der Waals surface area (Å²) in [6.45, 7) is 1.35. The van der Waals surface area contributed by atoms with Gasteiger partial charge >= 0.3 is 0 Å². The molecular formula is C27H32F3N5O6S. The van der Waals surface area contributed by atoms with Gasteiger partial charge in [-0.05, 0) is 31.9 Å². The van der Waals surface area contributed by atoms with Crippen molar-refractivity contribution < 1.29 is 42.8 Å². The van der Waals surface area contributed by atoms with Crippen LogP contribution in [0.3, 0.4) is 0 Å². The van der Waals surface area contributed by atoms with Crippen LogP contribution in [0.2, 0.25) is 0 Å². The van der Waals surface area contributed by atoms with Gasteiger partial charge in [-0.2, -0.15) is 0 Å². The number of hydrogen-bond donors (Lipinski definition) is 3. The van der Waals surface area contributed by atoms with Gasteiger partial charge in [0.2, 0.25) is 0 Å². The molecule has 1 aliphatic heterocycles. The number of aryl methyl sites for hydroxylation is 1. The van der Waals surface area contributed by atoms with E-state index in [4.69, 9.17) is 9.47 Å². The minimum absolute atomic E-state index is 0.0302. The average molecular weight is 612 g/mol. The van der Waals surface area contributed by atoms with E-state index in [0.717, 1.165) is 35.5 Å². The van der Waals surface area contributed by atoms with Gasteiger partial charge in [0.1, 0.15) is 30.0 Å². The molecular weight excluding hydrogens is 579 g/mol. The van der Waals surface area contributed by atoms with Crippen molar-refractivity contribution in [3.63, 3.8) is 0 Å². The average Bonchev–Trinajstić information content (AvgIpc) is 3.63. The number of methoxy groups -OCH3 is 1. The van der Waals surface area contributed by atoms with Crippen molar-refractivity contribution in [2.45, 2.75) is 81.8 Å². The van der Waals surface area contributed by atoms with Gasteiger partial charge in [0.15, 0.2) is 23.6 Å². The zero-order valence-electron chi connectivity index (χ0n) is 22.9. The Hall–Kier alpha value is -2.95. The smallest absolute Gasteiger partial charge is 0.255 e. The van der Waals surface area contributed by atoms with Crippen LogP contribution in [0.15, 0.2) is 23.8 Å². The van der Waals surface area contributed by atoms with E-state index < -0.39 is 72.6 Å². The molecule has 7 atom stereocenters. The van der Waals surface area contributed by atoms with Gasteiger partial charge in [-0.25, -0.2) is 22.8 Å². The summed E-state index contributed by atoms with van der Waals surface area (Å²) in [5.41, 5.74) is 2.30. The first-order valence-electron chi connectivity index (χ1n) is 13.6. The molecule has 1 saturated carbocycles. The maximum absolute atomic E-state index is 14.3. The highest BCUT2D eigenvalue weighted by atomic mass is 32.1. The molecule has 3 heterocycles. The van der Waals surface area contributed by atoms with Crippen LogP contribution in [0.1, 0.15) is 42.3 Å². The Morgan fingerprint density at radius 3 is 2.55 bits per heavy atom. The highest BCUT2D eigenvalue weighted by molar-refractivity contribution is 7.09. The SMILES string of the molecule is CO[C@@H]1[C@@H](n2cc(-c3cc(F)c(F)c(F)c3)nn2)[C@@H](O)[C@@H](CO)O[C@H]1C(=O)N(Cc1scnc1C)[C@H]1CCCC[C@@H]1O. The number of ether oxygens (including phenoxy) is 2. The quantitative estimate of drug-likeness (QED) is 0.327. The zero-order valence-corrected chi connectivity index (χ0v) is 23.8. The fourth-order valence-electron chi connectivity index (χ4n) is 5.73. The number of rotatable bonds is 8. The first-order chi connectivity index (χ1) is 20.1. The number of hydrogen-bond acceptors (Lipinski definition) is 10. The summed E-state index contributed by atoms with van der Waals surface area (Å²) in [6, 6.07) is -0.112. The topological polar surface area (TPSA) is 143 Å². The molecule has 3 N–H and O–H groups in total. The van der Waals surface area contributed by atoms with Crippen LogP contribution in [0.25, 0.3) is 11.3 Å². The Morgan fingerprint density at radius 2 is 1.93 bits per heavy atom. The normalized spacial score (nSPS) is 28.1. The van der Waals surface area contributed by atoms with Gasteiger partial charge < -0.3 is 29.7 Å². The Balaban J connectivity index is 1.50. The van der Waals surface area contributed by atoms with Crippen molar-refractivity contribution in [1.82, 2.24) is 24.9 Å². The lowest BCUT2D eigenvalue weighted by atomic mass is 9.88. The fourth-order valence-corrected chi connectivity index (χ4v) is 6.50. The summed E-state index contributed by atoms with van der Waals surface area (Å²) in [6.07, 6.45) is -1.89. The lowest BCUT2D eigenvalue weighted by Gasteiger charge is -2.46. The Kier molecular flexibility index (Phi) is 9.25. The number of benzene rings is 1. The van der Waals surface area contributed by atoms with E-state index >= 15 is 0 Å². The van der Waals surface area contributed by atoms with Gasteiger partial charge in [-0.3, -0.25) is 4.79 Å². The van der Waals surface area contributed by atoms with E-state index in [1.54, 1.807) is 10.4 Å². The van der Waals surface area contributed by atoms with Crippen molar-refractivity contribution in [2.75, 3.05) is 13.7 Å². The summed E-state index contributed by atoms with van der Waals surface area (Å²) in [7, 11) is 1.32. The molecule has 2 fully saturated rings. The molecule has 1 aliphatic carbocycles. The monoisotopic (exact) mass is 611 g/mol. The van der Waals surface area contributed by atoms with E-state index in [2.05, 4.69) is 15.3 Å². The van der Waals surface area contributed by atoms with Crippen LogP contribution in [0.5, 0.6) is 0 Å². The summed E-state index contributed by atoms with van der Waals surface area (Å²) in [5, 5.41) is 40.1. The third-order valence-corrected chi connectivity index (χ3v) is 8.93. The number of nitrogens with zero attached hydrogens (tertiary/aromatic N) is 5. The van der Waals surface area contributed by atoms with Crippen LogP contribution in [-0.2, 0) is 20.8 Å². The molecule has 2 aromatic heterocycles. The Labute approximate surface area is 243 Å². The molecule has 1 amide bonds. The molecule has 42 heavy (non-hydrogen) atoms. The van der Waals surface area contributed by atoms with E-state index in [0.29, 0.717) is 12.8 Å². The highest BCUT2D eigenvalue weighted by Gasteiger charge is 2.51. The molecule has 1 aromatic carbocycles. The molecule has 0 radical (unpaired) electrons. The number of aromatic nitrogens is 4. The fraction of sp³-hybridized carbons (Fsp3) is 0.556. The molecule has 5 rings (SSSR count). The molecule has 228 valence electrons. The van der Waals surface area contributed by atoms with Crippen LogP contribution in [0.4, 0.5) is 13.2 Å². The van der Waals surface area contributed by atoms with Gasteiger partial charge in [0, 0.05) is 17.6 Å². The van der Waals surface area contributed by atoms with Gasteiger partial charge in [0.05, 0.1) is 42.7 Å². The summed E-state index contributed by atoms with van der Waals surface area (Å²) in [5.74, 6) is -4.96. The maximum atomic E-state index is 14.3. The van der Waals surface area contributed by atoms with Crippen LogP contribution in [0, 0.1) is 24.4 Å². The third kappa shape index (κ3) is 5.81. The molecule has 11 nitrogen and oxygen atoms in total. The molecule has 1 saturated heterocycles. The van der Waals surface area contributed by atoms with Gasteiger partial charge in [-0.1, -0.05) is 18.1 Å². The van der Waals surface area contributed by atoms with Crippen molar-refractivity contribution in [3.05, 3.63) is 51.9 Å². The second-order valence-corrected chi connectivity index (χ2v) is 11.5. The van der Waals surface area contributed by atoms with Crippen molar-refractivity contribution in [3.8, 4) is 11.3 Å². The predicted molar refractivity (Wildman–Crippen MR) is 143 cm³/mol. The maximum Gasteiger partial charge on any atom is 0.255 e. The van der Waals surface area contributed by atoms with E-state index in [1.807, 2.05) is 6.92 Å². The first kappa shape index (κ1) is 30.5. The summed E-state index contributed by atoms with van der Waals surface area (Å²) >= 11 is 1.38. The molecule has 15 heteroatoms. The lowest BCUT2D eigenvalue weighted by molar-refractivity contribution is -0.219. The molecule has 2 aliphatic rings. The van der Waals surface area contributed by atoms with Crippen molar-refractivity contribution in [1.29, 1.82) is 0 Å². The molecule has 0 bridgehead atoms. The highest BCUT2D eigenvalue weighted by Crippen LogP contribution is 2.36. The van der Waals surface area contributed by atoms with Crippen molar-refractivity contribution in [2.24, 2.45) is 0 Å². The minimum atomic E-state index is -1.63. The van der Waals surface area contributed by atoms with E-state index in [1.165, 1.54) is 29.3 Å². The Morgan fingerprint density at radius 1 is 1.21 bits per heavy atom. The number of carbonyl (C=O) groups excluding carboxylic acids is 1. The largest absolute Gasteiger partial charge is 0.394 e. The van der Waals surface area contributed by atoms with E-state index in [-0.39, 0.29) is 17.8 Å². The van der Waals surface area contributed by atoms with Gasteiger partial charge in [-0.15, -0.1) is 16.4 Å². The predicted octanol–water partition coefficient (Wildman–Crippen LogP) is 2.14. The van der Waals surface area contributed by atoms with Crippen LogP contribution < -0.4 is 0 Å². The molecule has 0 unspecified atom stereocenters. The standard InChI is InChI=1S/C27H32F3N5O6S/c1-13-21(42-12-31-13)10-34(18-5-3-4-6-19(18)37)27(39)26-25(40-2)23(24(38)20(11-36)41-26)35-9-17(32-33-35)14-7-15(28)22(30)16(29)8-14/h7-9,12,18-20,23-26,36-38H,3-6,10-11H2,1-2H3/t18-,19-,20+,23-,24-,25+,26+/m0/s1. The number of amides is 1. The number of aliphatic hydroxyl groups excluding tert-OH is 3. The summed E-state index contributed by atoms with van der Waals surface area (Å²) in [4.78, 5) is 21.0. The first-order valence-corrected chi connectivity index (χ1v) is 14.4. The summed E-state index contributed by atoms with van der Waals surface area (Å²) < 4.78 is 54.1. The minimum Gasteiger partial charge on any atom is -0.394 e. The second-order valence-electron chi connectivity index (χ2n) is 10.5. The Bertz CT molecular complexity index is 1380. The van der Waals surface area contributed by atoms with E-state index in [9.17, 15) is 33.3 Å². The lowest BCUT2D eigenvalue weighted by Crippen LogP contribution is -2.62.